The van der Waals surface area contributed by atoms with Crippen molar-refractivity contribution < 1.29 is 19.0 Å². The molecule has 7 nitrogen and oxygen atoms in total. The second kappa shape index (κ2) is 9.03. The summed E-state index contributed by atoms with van der Waals surface area (Å²) in [4.78, 5) is 21.4. The highest BCUT2D eigenvalue weighted by Crippen LogP contribution is 2.31. The molecule has 0 N–H and O–H groups in total. The Morgan fingerprint density at radius 1 is 1.07 bits per heavy atom. The summed E-state index contributed by atoms with van der Waals surface area (Å²) in [5, 5.41) is 0. The molecule has 2 aliphatic rings. The molecule has 2 aliphatic heterocycles. The molecule has 1 amide bonds. The fraction of sp³-hybridized carbons (Fsp3) is 0.429. The van der Waals surface area contributed by atoms with Crippen LogP contribution in [0.3, 0.4) is 0 Å². The normalized spacial score (nSPS) is 16.6. The predicted octanol–water partition coefficient (Wildman–Crippen LogP) is 1.83. The minimum atomic E-state index is -0.0174. The van der Waals surface area contributed by atoms with Crippen LogP contribution in [0.5, 0.6) is 11.5 Å². The molecular weight excluding hydrogens is 358 g/mol. The number of rotatable bonds is 6. The molecule has 3 heterocycles. The second-order valence-corrected chi connectivity index (χ2v) is 6.90. The zero-order chi connectivity index (χ0) is 19.2. The second-order valence-electron chi connectivity index (χ2n) is 6.90. The molecule has 1 fully saturated rings. The lowest BCUT2D eigenvalue weighted by Crippen LogP contribution is -2.43. The van der Waals surface area contributed by atoms with E-state index in [9.17, 15) is 4.79 Å². The minimum absolute atomic E-state index is 0.0174. The first-order valence-electron chi connectivity index (χ1n) is 9.67. The number of amides is 1. The van der Waals surface area contributed by atoms with Crippen LogP contribution in [-0.4, -0.2) is 73.3 Å². The van der Waals surface area contributed by atoms with Crippen molar-refractivity contribution >= 4 is 5.91 Å². The SMILES string of the molecule is O=C(c1cccnc1)N(CCN1CCOCC1)Cc1ccc2c(c1)OCCO2. The van der Waals surface area contributed by atoms with E-state index in [4.69, 9.17) is 14.2 Å². The van der Waals surface area contributed by atoms with Crippen molar-refractivity contribution in [3.05, 3.63) is 53.9 Å². The highest BCUT2D eigenvalue weighted by Gasteiger charge is 2.20. The van der Waals surface area contributed by atoms with Crippen LogP contribution in [-0.2, 0) is 11.3 Å². The quantitative estimate of drug-likeness (QED) is 0.758. The summed E-state index contributed by atoms with van der Waals surface area (Å²) in [7, 11) is 0. The van der Waals surface area contributed by atoms with E-state index < -0.39 is 0 Å². The van der Waals surface area contributed by atoms with Crippen LogP contribution in [0.2, 0.25) is 0 Å². The molecule has 28 heavy (non-hydrogen) atoms. The van der Waals surface area contributed by atoms with Crippen molar-refractivity contribution in [3.63, 3.8) is 0 Å². The Labute approximate surface area is 164 Å². The van der Waals surface area contributed by atoms with E-state index in [0.717, 1.165) is 49.9 Å². The number of benzene rings is 1. The maximum absolute atomic E-state index is 13.1. The van der Waals surface area contributed by atoms with Gasteiger partial charge >= 0.3 is 0 Å². The van der Waals surface area contributed by atoms with Crippen molar-refractivity contribution in [2.75, 3.05) is 52.6 Å². The molecule has 0 radical (unpaired) electrons. The number of ether oxygens (including phenoxy) is 3. The Morgan fingerprint density at radius 2 is 1.89 bits per heavy atom. The first-order chi connectivity index (χ1) is 13.8. The van der Waals surface area contributed by atoms with Gasteiger partial charge in [-0.3, -0.25) is 14.7 Å². The number of pyridine rings is 1. The summed E-state index contributed by atoms with van der Waals surface area (Å²) >= 11 is 0. The summed E-state index contributed by atoms with van der Waals surface area (Å²) in [6.45, 7) is 6.38. The van der Waals surface area contributed by atoms with Gasteiger partial charge in [0.15, 0.2) is 11.5 Å². The number of hydrogen-bond donors (Lipinski definition) is 0. The molecular formula is C21H25N3O4. The molecule has 148 valence electrons. The van der Waals surface area contributed by atoms with E-state index in [1.807, 2.05) is 23.1 Å². The molecule has 0 bridgehead atoms. The van der Waals surface area contributed by atoms with Gasteiger partial charge < -0.3 is 19.1 Å². The predicted molar refractivity (Wildman–Crippen MR) is 104 cm³/mol. The molecule has 0 unspecified atom stereocenters. The average Bonchev–Trinajstić information content (AvgIpc) is 2.77. The topological polar surface area (TPSA) is 64.1 Å². The van der Waals surface area contributed by atoms with Gasteiger partial charge in [-0.25, -0.2) is 0 Å². The van der Waals surface area contributed by atoms with Crippen molar-refractivity contribution in [2.45, 2.75) is 6.54 Å². The molecule has 2 aromatic rings. The van der Waals surface area contributed by atoms with Crippen molar-refractivity contribution in [1.29, 1.82) is 0 Å². The van der Waals surface area contributed by atoms with Crippen LogP contribution in [0, 0.1) is 0 Å². The summed E-state index contributed by atoms with van der Waals surface area (Å²) in [5.41, 5.74) is 1.62. The van der Waals surface area contributed by atoms with Crippen molar-refractivity contribution in [1.82, 2.24) is 14.8 Å². The molecule has 7 heteroatoms. The fourth-order valence-electron chi connectivity index (χ4n) is 3.42. The number of morpholine rings is 1. The third-order valence-corrected chi connectivity index (χ3v) is 4.97. The zero-order valence-corrected chi connectivity index (χ0v) is 15.9. The van der Waals surface area contributed by atoms with Gasteiger partial charge in [-0.1, -0.05) is 6.07 Å². The van der Waals surface area contributed by atoms with Crippen LogP contribution in [0.25, 0.3) is 0 Å². The van der Waals surface area contributed by atoms with Crippen molar-refractivity contribution in [3.8, 4) is 11.5 Å². The van der Waals surface area contributed by atoms with Crippen LogP contribution in [0.4, 0.5) is 0 Å². The van der Waals surface area contributed by atoms with Crippen LogP contribution in [0.15, 0.2) is 42.7 Å². The lowest BCUT2D eigenvalue weighted by molar-refractivity contribution is 0.0320. The van der Waals surface area contributed by atoms with E-state index in [2.05, 4.69) is 9.88 Å². The van der Waals surface area contributed by atoms with Gasteiger partial charge in [0.1, 0.15) is 13.2 Å². The molecule has 0 spiro atoms. The van der Waals surface area contributed by atoms with E-state index in [1.165, 1.54) is 0 Å². The Balaban J connectivity index is 1.49. The van der Waals surface area contributed by atoms with E-state index in [1.54, 1.807) is 24.5 Å². The standard InChI is InChI=1S/C21H25N3O4/c25-21(18-2-1-5-22-15-18)24(7-6-23-8-10-26-11-9-23)16-17-3-4-19-20(14-17)28-13-12-27-19/h1-5,14-15H,6-13,16H2. The summed E-state index contributed by atoms with van der Waals surface area (Å²) in [6, 6.07) is 9.47. The number of carbonyl (C=O) groups excluding carboxylic acids is 1. The minimum Gasteiger partial charge on any atom is -0.486 e. The molecule has 0 atom stereocenters. The van der Waals surface area contributed by atoms with Gasteiger partial charge in [-0.2, -0.15) is 0 Å². The van der Waals surface area contributed by atoms with Crippen LogP contribution >= 0.6 is 0 Å². The summed E-state index contributed by atoms with van der Waals surface area (Å²) in [6.07, 6.45) is 3.30. The zero-order valence-electron chi connectivity index (χ0n) is 15.9. The number of nitrogens with zero attached hydrogens (tertiary/aromatic N) is 3. The smallest absolute Gasteiger partial charge is 0.255 e. The largest absolute Gasteiger partial charge is 0.486 e. The van der Waals surface area contributed by atoms with Gasteiger partial charge in [0.25, 0.3) is 5.91 Å². The number of carbonyl (C=O) groups is 1. The monoisotopic (exact) mass is 383 g/mol. The highest BCUT2D eigenvalue weighted by atomic mass is 16.6. The van der Waals surface area contributed by atoms with Crippen molar-refractivity contribution in [2.24, 2.45) is 0 Å². The number of fused-ring (bicyclic) bond motifs is 1. The Morgan fingerprint density at radius 3 is 2.68 bits per heavy atom. The van der Waals surface area contributed by atoms with Gasteiger partial charge in [0, 0.05) is 45.1 Å². The van der Waals surface area contributed by atoms with E-state index in [-0.39, 0.29) is 5.91 Å². The van der Waals surface area contributed by atoms with Gasteiger partial charge in [-0.15, -0.1) is 0 Å². The highest BCUT2D eigenvalue weighted by molar-refractivity contribution is 5.93. The summed E-state index contributed by atoms with van der Waals surface area (Å²) < 4.78 is 16.7. The first kappa shape index (κ1) is 18.7. The molecule has 0 aliphatic carbocycles. The van der Waals surface area contributed by atoms with Crippen LogP contribution in [0.1, 0.15) is 15.9 Å². The third kappa shape index (κ3) is 4.61. The maximum atomic E-state index is 13.1. The first-order valence-corrected chi connectivity index (χ1v) is 9.67. The summed E-state index contributed by atoms with van der Waals surface area (Å²) in [5.74, 6) is 1.48. The lowest BCUT2D eigenvalue weighted by atomic mass is 10.1. The molecule has 4 rings (SSSR count). The van der Waals surface area contributed by atoms with Crippen LogP contribution < -0.4 is 9.47 Å². The molecule has 0 saturated carbocycles. The Bertz CT molecular complexity index is 793. The number of hydrogen-bond acceptors (Lipinski definition) is 6. The number of aromatic nitrogens is 1. The van der Waals surface area contributed by atoms with E-state index in [0.29, 0.717) is 31.9 Å². The van der Waals surface area contributed by atoms with Gasteiger partial charge in [0.05, 0.1) is 18.8 Å². The Kier molecular flexibility index (Phi) is 6.04. The Hall–Kier alpha value is -2.64. The molecule has 1 aromatic carbocycles. The lowest BCUT2D eigenvalue weighted by Gasteiger charge is -2.30. The molecule has 1 saturated heterocycles. The van der Waals surface area contributed by atoms with Gasteiger partial charge in [0.2, 0.25) is 0 Å². The fourth-order valence-corrected chi connectivity index (χ4v) is 3.42. The average molecular weight is 383 g/mol. The molecule has 1 aromatic heterocycles. The van der Waals surface area contributed by atoms with Gasteiger partial charge in [-0.05, 0) is 29.8 Å². The van der Waals surface area contributed by atoms with E-state index >= 15 is 0 Å². The maximum Gasteiger partial charge on any atom is 0.255 e. The third-order valence-electron chi connectivity index (χ3n) is 4.97.